The van der Waals surface area contributed by atoms with Gasteiger partial charge in [0, 0.05) is 37.9 Å². The monoisotopic (exact) mass is 416 g/mol. The summed E-state index contributed by atoms with van der Waals surface area (Å²) in [7, 11) is 1.43. The van der Waals surface area contributed by atoms with Crippen LogP contribution >= 0.6 is 0 Å². The summed E-state index contributed by atoms with van der Waals surface area (Å²) in [4.78, 5) is 20.9. The van der Waals surface area contributed by atoms with Gasteiger partial charge in [0.1, 0.15) is 18.5 Å². The Kier molecular flexibility index (Phi) is 8.67. The number of nitrogens with one attached hydrogen (secondary N) is 2. The van der Waals surface area contributed by atoms with E-state index in [1.807, 2.05) is 30.5 Å². The van der Waals surface area contributed by atoms with Crippen LogP contribution in [0, 0.1) is 5.92 Å². The number of piperidine rings is 1. The van der Waals surface area contributed by atoms with Crippen LogP contribution in [0.25, 0.3) is 0 Å². The summed E-state index contributed by atoms with van der Waals surface area (Å²) in [5.74, 6) is 0.604. The zero-order valence-corrected chi connectivity index (χ0v) is 17.5. The number of hydrogen-bond donors (Lipinski definition) is 3. The number of methoxy groups -OCH3 is 1. The van der Waals surface area contributed by atoms with Gasteiger partial charge in [-0.2, -0.15) is 0 Å². The highest BCUT2D eigenvalue weighted by Gasteiger charge is 2.26. The van der Waals surface area contributed by atoms with Crippen LogP contribution < -0.4 is 10.1 Å². The molecule has 0 spiro atoms. The van der Waals surface area contributed by atoms with Crippen molar-refractivity contribution in [1.29, 1.82) is 0 Å². The maximum Gasteiger partial charge on any atom is 0.308 e. The summed E-state index contributed by atoms with van der Waals surface area (Å²) in [6, 6.07) is 7.92. The van der Waals surface area contributed by atoms with Crippen molar-refractivity contribution in [1.82, 2.24) is 20.2 Å². The van der Waals surface area contributed by atoms with E-state index < -0.39 is 6.10 Å². The molecule has 0 radical (unpaired) electrons. The number of hydrogen-bond acceptors (Lipinski definition) is 7. The number of nitrogens with zero attached hydrogens (tertiary/aromatic N) is 2. The molecule has 0 bridgehead atoms. The summed E-state index contributed by atoms with van der Waals surface area (Å²) in [5, 5.41) is 13.7. The quantitative estimate of drug-likeness (QED) is 0.376. The Hall–Kier alpha value is -2.42. The number of aliphatic hydroxyl groups is 1. The number of aromatic nitrogens is 2. The van der Waals surface area contributed by atoms with Crippen LogP contribution in [0.1, 0.15) is 24.1 Å². The predicted molar refractivity (Wildman–Crippen MR) is 113 cm³/mol. The third-order valence-corrected chi connectivity index (χ3v) is 5.41. The SMILES string of the molecule is COC(=O)C1CCN(CC(O)COc2ccc(CNCCc3cnc[nH]3)cc2)CC1. The van der Waals surface area contributed by atoms with Gasteiger partial charge < -0.3 is 29.8 Å². The summed E-state index contributed by atoms with van der Waals surface area (Å²) < 4.78 is 10.5. The molecule has 1 atom stereocenters. The van der Waals surface area contributed by atoms with E-state index in [9.17, 15) is 9.90 Å². The molecule has 2 heterocycles. The number of rotatable bonds is 11. The lowest BCUT2D eigenvalue weighted by Crippen LogP contribution is -2.42. The third kappa shape index (κ3) is 7.12. The van der Waals surface area contributed by atoms with Crippen molar-refractivity contribution in [2.75, 3.05) is 39.9 Å². The molecule has 1 fully saturated rings. The summed E-state index contributed by atoms with van der Waals surface area (Å²) in [6.45, 7) is 4.05. The van der Waals surface area contributed by atoms with Crippen LogP contribution in [0.2, 0.25) is 0 Å². The lowest BCUT2D eigenvalue weighted by molar-refractivity contribution is -0.147. The zero-order chi connectivity index (χ0) is 21.2. The van der Waals surface area contributed by atoms with Crippen molar-refractivity contribution in [3.05, 3.63) is 48.0 Å². The molecular weight excluding hydrogens is 384 g/mol. The second-order valence-corrected chi connectivity index (χ2v) is 7.71. The van der Waals surface area contributed by atoms with E-state index in [0.717, 1.165) is 56.9 Å². The minimum absolute atomic E-state index is 0.0156. The summed E-state index contributed by atoms with van der Waals surface area (Å²) in [6.07, 6.45) is 5.43. The number of carbonyl (C=O) groups excluding carboxylic acids is 1. The topological polar surface area (TPSA) is 99.7 Å². The molecule has 8 nitrogen and oxygen atoms in total. The molecule has 30 heavy (non-hydrogen) atoms. The van der Waals surface area contributed by atoms with E-state index in [1.165, 1.54) is 12.7 Å². The lowest BCUT2D eigenvalue weighted by atomic mass is 9.97. The first kappa shape index (κ1) is 22.3. The molecule has 0 saturated carbocycles. The molecule has 1 aromatic carbocycles. The van der Waals surface area contributed by atoms with Gasteiger partial charge in [-0.25, -0.2) is 4.98 Å². The second-order valence-electron chi connectivity index (χ2n) is 7.71. The fraction of sp³-hybridized carbons (Fsp3) is 0.545. The highest BCUT2D eigenvalue weighted by molar-refractivity contribution is 5.72. The average molecular weight is 417 g/mol. The van der Waals surface area contributed by atoms with E-state index in [0.29, 0.717) is 6.54 Å². The van der Waals surface area contributed by atoms with Crippen molar-refractivity contribution in [2.45, 2.75) is 31.9 Å². The minimum Gasteiger partial charge on any atom is -0.491 e. The highest BCUT2D eigenvalue weighted by Crippen LogP contribution is 2.19. The van der Waals surface area contributed by atoms with Gasteiger partial charge in [0.2, 0.25) is 0 Å². The number of likely N-dealkylation sites (tertiary alicyclic amines) is 1. The summed E-state index contributed by atoms with van der Waals surface area (Å²) in [5.41, 5.74) is 2.30. The standard InChI is InChI=1S/C22H32N4O4/c1-29-22(28)18-7-10-26(11-8-18)14-20(27)15-30-21-4-2-17(3-5-21)12-23-9-6-19-13-24-16-25-19/h2-5,13,16,18,20,23,27H,6-12,14-15H2,1H3,(H,24,25). The first-order chi connectivity index (χ1) is 14.6. The molecule has 3 N–H and O–H groups in total. The van der Waals surface area contributed by atoms with E-state index >= 15 is 0 Å². The van der Waals surface area contributed by atoms with Gasteiger partial charge in [-0.15, -0.1) is 0 Å². The first-order valence-corrected chi connectivity index (χ1v) is 10.5. The zero-order valence-electron chi connectivity index (χ0n) is 17.5. The maximum atomic E-state index is 11.6. The molecule has 1 aliphatic rings. The Balaban J connectivity index is 1.30. The Morgan fingerprint density at radius 2 is 2.10 bits per heavy atom. The molecule has 164 valence electrons. The van der Waals surface area contributed by atoms with Gasteiger partial charge in [0.05, 0.1) is 19.4 Å². The molecule has 3 rings (SSSR count). The number of H-pyrrole nitrogens is 1. The fourth-order valence-corrected chi connectivity index (χ4v) is 3.64. The number of imidazole rings is 1. The Morgan fingerprint density at radius 3 is 2.77 bits per heavy atom. The minimum atomic E-state index is -0.566. The normalized spacial score (nSPS) is 16.3. The fourth-order valence-electron chi connectivity index (χ4n) is 3.64. The molecular formula is C22H32N4O4. The van der Waals surface area contributed by atoms with E-state index in [1.54, 1.807) is 6.33 Å². The molecule has 1 saturated heterocycles. The largest absolute Gasteiger partial charge is 0.491 e. The van der Waals surface area contributed by atoms with Crippen LogP contribution in [-0.4, -0.2) is 71.9 Å². The lowest BCUT2D eigenvalue weighted by Gasteiger charge is -2.31. The van der Waals surface area contributed by atoms with Gasteiger partial charge in [-0.1, -0.05) is 12.1 Å². The molecule has 2 aromatic rings. The number of aromatic amines is 1. The molecule has 1 unspecified atom stereocenters. The number of aliphatic hydroxyl groups excluding tert-OH is 1. The Morgan fingerprint density at radius 1 is 1.33 bits per heavy atom. The van der Waals surface area contributed by atoms with Crippen LogP contribution in [0.15, 0.2) is 36.8 Å². The van der Waals surface area contributed by atoms with E-state index in [4.69, 9.17) is 9.47 Å². The Labute approximate surface area is 177 Å². The van der Waals surface area contributed by atoms with Crippen molar-refractivity contribution in [2.24, 2.45) is 5.92 Å². The van der Waals surface area contributed by atoms with E-state index in [-0.39, 0.29) is 18.5 Å². The van der Waals surface area contributed by atoms with Crippen molar-refractivity contribution in [3.8, 4) is 5.75 Å². The molecule has 1 aliphatic heterocycles. The smallest absolute Gasteiger partial charge is 0.308 e. The van der Waals surface area contributed by atoms with E-state index in [2.05, 4.69) is 20.2 Å². The summed E-state index contributed by atoms with van der Waals surface area (Å²) >= 11 is 0. The van der Waals surface area contributed by atoms with Crippen LogP contribution in [-0.2, 0) is 22.5 Å². The highest BCUT2D eigenvalue weighted by atomic mass is 16.5. The second kappa shape index (κ2) is 11.7. The van der Waals surface area contributed by atoms with Gasteiger partial charge in [0.15, 0.2) is 0 Å². The van der Waals surface area contributed by atoms with Crippen LogP contribution in [0.5, 0.6) is 5.75 Å². The van der Waals surface area contributed by atoms with Gasteiger partial charge in [-0.3, -0.25) is 4.79 Å². The van der Waals surface area contributed by atoms with Crippen molar-refractivity contribution >= 4 is 5.97 Å². The average Bonchev–Trinajstić information content (AvgIpc) is 3.30. The maximum absolute atomic E-state index is 11.6. The van der Waals surface area contributed by atoms with Gasteiger partial charge >= 0.3 is 5.97 Å². The van der Waals surface area contributed by atoms with Crippen LogP contribution in [0.4, 0.5) is 0 Å². The number of benzene rings is 1. The molecule has 0 aliphatic carbocycles. The molecule has 1 aromatic heterocycles. The number of ether oxygens (including phenoxy) is 2. The predicted octanol–water partition coefficient (Wildman–Crippen LogP) is 1.37. The van der Waals surface area contributed by atoms with Gasteiger partial charge in [0.25, 0.3) is 0 Å². The van der Waals surface area contributed by atoms with Crippen molar-refractivity contribution in [3.63, 3.8) is 0 Å². The first-order valence-electron chi connectivity index (χ1n) is 10.5. The number of esters is 1. The van der Waals surface area contributed by atoms with Crippen LogP contribution in [0.3, 0.4) is 0 Å². The van der Waals surface area contributed by atoms with Gasteiger partial charge in [-0.05, 0) is 43.6 Å². The molecule has 8 heteroatoms. The molecule has 0 amide bonds. The number of β-amino-alcohol motifs (C(OH)–C–C–N with tert-alkyl or cyclic N) is 1. The Bertz CT molecular complexity index is 743. The van der Waals surface area contributed by atoms with Crippen molar-refractivity contribution < 1.29 is 19.4 Å². The number of carbonyl (C=O) groups is 1. The third-order valence-electron chi connectivity index (χ3n) is 5.41.